The third-order valence-corrected chi connectivity index (χ3v) is 3.13. The van der Waals surface area contributed by atoms with Crippen LogP contribution in [0.1, 0.15) is 25.3 Å². The van der Waals surface area contributed by atoms with Crippen molar-refractivity contribution in [1.29, 1.82) is 0 Å². The Morgan fingerprint density at radius 2 is 2.12 bits per heavy atom. The fraction of sp³-hybridized carbons (Fsp3) is 0.538. The van der Waals surface area contributed by atoms with Crippen LogP contribution in [-0.2, 0) is 6.54 Å². The molecule has 2 rings (SSSR count). The molecule has 1 aliphatic rings. The molecule has 1 fully saturated rings. The van der Waals surface area contributed by atoms with Crippen LogP contribution in [0.25, 0.3) is 0 Å². The number of halogens is 2. The molecule has 0 radical (unpaired) electrons. The van der Waals surface area contributed by atoms with E-state index in [9.17, 15) is 8.78 Å². The summed E-state index contributed by atoms with van der Waals surface area (Å²) in [5.41, 5.74) is 0.855. The van der Waals surface area contributed by atoms with Crippen LogP contribution in [0.2, 0.25) is 0 Å². The summed E-state index contributed by atoms with van der Waals surface area (Å²) in [7, 11) is 0. The second-order valence-corrected chi connectivity index (χ2v) is 4.73. The molecule has 1 saturated heterocycles. The second kappa shape index (κ2) is 4.91. The van der Waals surface area contributed by atoms with E-state index in [1.165, 1.54) is 25.0 Å². The average molecular weight is 225 g/mol. The molecule has 1 heterocycles. The third-order valence-electron chi connectivity index (χ3n) is 3.13. The minimum absolute atomic E-state index is 0.707. The smallest absolute Gasteiger partial charge is 0.159 e. The van der Waals surface area contributed by atoms with Crippen LogP contribution in [0, 0.1) is 17.6 Å². The molecule has 0 bridgehead atoms. The number of benzene rings is 1. The van der Waals surface area contributed by atoms with E-state index in [0.29, 0.717) is 5.92 Å². The van der Waals surface area contributed by atoms with Crippen molar-refractivity contribution in [3.63, 3.8) is 0 Å². The summed E-state index contributed by atoms with van der Waals surface area (Å²) in [5, 5.41) is 0. The molecule has 0 aromatic heterocycles. The van der Waals surface area contributed by atoms with Crippen molar-refractivity contribution in [2.45, 2.75) is 26.3 Å². The molecule has 0 spiro atoms. The van der Waals surface area contributed by atoms with Gasteiger partial charge in [0.25, 0.3) is 0 Å². The lowest BCUT2D eigenvalue weighted by atomic mass is 10.00. The van der Waals surface area contributed by atoms with Crippen LogP contribution in [0.4, 0.5) is 8.78 Å². The highest BCUT2D eigenvalue weighted by Gasteiger charge is 2.16. The summed E-state index contributed by atoms with van der Waals surface area (Å²) in [4.78, 5) is 2.31. The van der Waals surface area contributed by atoms with Gasteiger partial charge in [-0.05, 0) is 43.0 Å². The molecular formula is C13H17F2N. The topological polar surface area (TPSA) is 3.24 Å². The Kier molecular flexibility index (Phi) is 3.54. The van der Waals surface area contributed by atoms with Gasteiger partial charge in [-0.3, -0.25) is 4.90 Å². The lowest BCUT2D eigenvalue weighted by molar-refractivity contribution is 0.176. The first kappa shape index (κ1) is 11.5. The Morgan fingerprint density at radius 3 is 2.81 bits per heavy atom. The molecule has 1 aromatic carbocycles. The maximum atomic E-state index is 13.0. The highest BCUT2D eigenvalue weighted by atomic mass is 19.2. The zero-order valence-corrected chi connectivity index (χ0v) is 9.55. The van der Waals surface area contributed by atoms with Crippen molar-refractivity contribution in [1.82, 2.24) is 4.90 Å². The number of nitrogens with zero attached hydrogens (tertiary/aromatic N) is 1. The van der Waals surface area contributed by atoms with E-state index >= 15 is 0 Å². The SMILES string of the molecule is C[C@@H]1CCCN(Cc2ccc(F)c(F)c2)C1. The van der Waals surface area contributed by atoms with Crippen molar-refractivity contribution < 1.29 is 8.78 Å². The number of piperidine rings is 1. The third kappa shape index (κ3) is 2.79. The first-order chi connectivity index (χ1) is 7.65. The van der Waals surface area contributed by atoms with Crippen molar-refractivity contribution in [2.24, 2.45) is 5.92 Å². The van der Waals surface area contributed by atoms with E-state index in [1.54, 1.807) is 6.07 Å². The molecule has 1 atom stereocenters. The summed E-state index contributed by atoms with van der Waals surface area (Å²) in [6.07, 6.45) is 2.47. The van der Waals surface area contributed by atoms with Crippen molar-refractivity contribution >= 4 is 0 Å². The van der Waals surface area contributed by atoms with Crippen LogP contribution in [-0.4, -0.2) is 18.0 Å². The Hall–Kier alpha value is -0.960. The summed E-state index contributed by atoms with van der Waals surface area (Å²) in [5.74, 6) is -0.808. The summed E-state index contributed by atoms with van der Waals surface area (Å²) in [6.45, 7) is 5.07. The number of rotatable bonds is 2. The minimum atomic E-state index is -0.768. The van der Waals surface area contributed by atoms with Crippen molar-refractivity contribution in [3.05, 3.63) is 35.4 Å². The minimum Gasteiger partial charge on any atom is -0.299 e. The molecule has 3 heteroatoms. The van der Waals surface area contributed by atoms with Gasteiger partial charge in [-0.25, -0.2) is 8.78 Å². The van der Waals surface area contributed by atoms with Gasteiger partial charge in [0.05, 0.1) is 0 Å². The van der Waals surface area contributed by atoms with Gasteiger partial charge < -0.3 is 0 Å². The van der Waals surface area contributed by atoms with Gasteiger partial charge in [0.1, 0.15) is 0 Å². The summed E-state index contributed by atoms with van der Waals surface area (Å²) >= 11 is 0. The molecular weight excluding hydrogens is 208 g/mol. The number of hydrogen-bond donors (Lipinski definition) is 0. The number of hydrogen-bond acceptors (Lipinski definition) is 1. The second-order valence-electron chi connectivity index (χ2n) is 4.73. The van der Waals surface area contributed by atoms with Gasteiger partial charge >= 0.3 is 0 Å². The molecule has 0 N–H and O–H groups in total. The van der Waals surface area contributed by atoms with Crippen LogP contribution in [0.15, 0.2) is 18.2 Å². The zero-order chi connectivity index (χ0) is 11.5. The molecule has 1 aromatic rings. The maximum absolute atomic E-state index is 13.0. The lowest BCUT2D eigenvalue weighted by Crippen LogP contribution is -2.33. The molecule has 88 valence electrons. The highest BCUT2D eigenvalue weighted by molar-refractivity contribution is 5.17. The van der Waals surface area contributed by atoms with E-state index in [4.69, 9.17) is 0 Å². The predicted octanol–water partition coefficient (Wildman–Crippen LogP) is 3.20. The van der Waals surface area contributed by atoms with Gasteiger partial charge in [0.2, 0.25) is 0 Å². The first-order valence-electron chi connectivity index (χ1n) is 5.81. The Morgan fingerprint density at radius 1 is 1.31 bits per heavy atom. The van der Waals surface area contributed by atoms with E-state index in [0.717, 1.165) is 25.2 Å². The molecule has 1 nitrogen and oxygen atoms in total. The molecule has 1 aliphatic heterocycles. The largest absolute Gasteiger partial charge is 0.299 e. The first-order valence-corrected chi connectivity index (χ1v) is 5.81. The highest BCUT2D eigenvalue weighted by Crippen LogP contribution is 2.18. The Bertz CT molecular complexity index is 365. The zero-order valence-electron chi connectivity index (χ0n) is 9.55. The predicted molar refractivity (Wildman–Crippen MR) is 60.0 cm³/mol. The van der Waals surface area contributed by atoms with Crippen LogP contribution in [0.5, 0.6) is 0 Å². The lowest BCUT2D eigenvalue weighted by Gasteiger charge is -2.30. The van der Waals surface area contributed by atoms with E-state index in [1.807, 2.05) is 0 Å². The maximum Gasteiger partial charge on any atom is 0.159 e. The fourth-order valence-electron chi connectivity index (χ4n) is 2.33. The van der Waals surface area contributed by atoms with Gasteiger partial charge in [-0.15, -0.1) is 0 Å². The summed E-state index contributed by atoms with van der Waals surface area (Å²) in [6, 6.07) is 4.17. The van der Waals surface area contributed by atoms with E-state index < -0.39 is 11.6 Å². The quantitative estimate of drug-likeness (QED) is 0.747. The van der Waals surface area contributed by atoms with Gasteiger partial charge in [0.15, 0.2) is 11.6 Å². The van der Waals surface area contributed by atoms with Gasteiger partial charge in [-0.1, -0.05) is 13.0 Å². The van der Waals surface area contributed by atoms with Crippen molar-refractivity contribution in [2.75, 3.05) is 13.1 Å². The molecule has 0 aliphatic carbocycles. The molecule has 0 amide bonds. The summed E-state index contributed by atoms with van der Waals surface area (Å²) < 4.78 is 25.8. The number of likely N-dealkylation sites (tertiary alicyclic amines) is 1. The Labute approximate surface area is 95.1 Å². The van der Waals surface area contributed by atoms with E-state index in [-0.39, 0.29) is 0 Å². The molecule has 0 unspecified atom stereocenters. The van der Waals surface area contributed by atoms with Crippen LogP contribution >= 0.6 is 0 Å². The van der Waals surface area contributed by atoms with Crippen LogP contribution in [0.3, 0.4) is 0 Å². The average Bonchev–Trinajstić information content (AvgIpc) is 2.24. The van der Waals surface area contributed by atoms with Gasteiger partial charge in [-0.2, -0.15) is 0 Å². The normalized spacial score (nSPS) is 22.3. The standard InChI is InChI=1S/C13H17F2N/c1-10-3-2-6-16(8-10)9-11-4-5-12(14)13(15)7-11/h4-5,7,10H,2-3,6,8-9H2,1H3/t10-/m1/s1. The van der Waals surface area contributed by atoms with Crippen molar-refractivity contribution in [3.8, 4) is 0 Å². The van der Waals surface area contributed by atoms with Gasteiger partial charge in [0, 0.05) is 13.1 Å². The van der Waals surface area contributed by atoms with E-state index in [2.05, 4.69) is 11.8 Å². The molecule has 16 heavy (non-hydrogen) atoms. The molecule has 0 saturated carbocycles. The fourth-order valence-corrected chi connectivity index (χ4v) is 2.33. The Balaban J connectivity index is 2.00. The van der Waals surface area contributed by atoms with Crippen LogP contribution < -0.4 is 0 Å². The monoisotopic (exact) mass is 225 g/mol.